The maximum atomic E-state index is 10.3. The van der Waals surface area contributed by atoms with Gasteiger partial charge in [-0.15, -0.1) is 0 Å². The van der Waals surface area contributed by atoms with Crippen molar-refractivity contribution in [3.63, 3.8) is 0 Å². The van der Waals surface area contributed by atoms with Crippen molar-refractivity contribution >= 4 is 22.4 Å². The first-order chi connectivity index (χ1) is 8.07. The average molecular weight is 254 g/mol. The number of rotatable bonds is 3. The molecule has 17 heavy (non-hydrogen) atoms. The van der Waals surface area contributed by atoms with Crippen LogP contribution < -0.4 is 11.1 Å². The molecule has 1 aromatic rings. The molecular weight excluding hydrogens is 240 g/mol. The Morgan fingerprint density at radius 1 is 1.82 bits per heavy atom. The summed E-state index contributed by atoms with van der Waals surface area (Å²) in [5, 5.41) is 22.8. The Bertz CT molecular complexity index is 456. The van der Waals surface area contributed by atoms with Gasteiger partial charge >= 0.3 is 0 Å². The Kier molecular flexibility index (Phi) is 3.19. The van der Waals surface area contributed by atoms with Crippen molar-refractivity contribution in [2.45, 2.75) is 25.0 Å². The summed E-state index contributed by atoms with van der Waals surface area (Å²) in [6.45, 7) is 2.71. The van der Waals surface area contributed by atoms with Crippen LogP contribution in [-0.4, -0.2) is 34.3 Å². The van der Waals surface area contributed by atoms with Gasteiger partial charge in [-0.25, -0.2) is 0 Å². The molecule has 1 aliphatic heterocycles. The summed E-state index contributed by atoms with van der Waals surface area (Å²) in [7, 11) is 0. The average Bonchev–Trinajstić information content (AvgIpc) is 2.81. The van der Waals surface area contributed by atoms with Gasteiger partial charge in [0.15, 0.2) is 5.82 Å². The lowest BCUT2D eigenvalue weighted by molar-refractivity contribution is -0.0175. The van der Waals surface area contributed by atoms with Crippen LogP contribution in [0.3, 0.4) is 0 Å². The fraction of sp³-hybridized carbons (Fsp3) is 0.600. The summed E-state index contributed by atoms with van der Waals surface area (Å²) in [5.41, 5.74) is 4.99. The van der Waals surface area contributed by atoms with Crippen LogP contribution in [-0.2, 0) is 4.74 Å². The van der Waals surface area contributed by atoms with E-state index in [0.717, 1.165) is 11.5 Å². The molecule has 1 aliphatic rings. The molecule has 0 spiro atoms. The third-order valence-electron chi connectivity index (χ3n) is 3.04. The van der Waals surface area contributed by atoms with E-state index in [9.17, 15) is 5.11 Å². The highest BCUT2D eigenvalue weighted by atomic mass is 32.1. The van der Waals surface area contributed by atoms with E-state index >= 15 is 0 Å². The molecule has 6 nitrogen and oxygen atoms in total. The first-order valence-corrected chi connectivity index (χ1v) is 6.07. The van der Waals surface area contributed by atoms with Gasteiger partial charge in [0.25, 0.3) is 0 Å². The lowest BCUT2D eigenvalue weighted by Crippen LogP contribution is -2.42. The van der Waals surface area contributed by atoms with E-state index in [4.69, 9.17) is 15.7 Å². The minimum atomic E-state index is -0.897. The molecule has 0 bridgehead atoms. The molecule has 7 heteroatoms. The molecule has 0 radical (unpaired) electrons. The molecule has 2 rings (SSSR count). The highest BCUT2D eigenvalue weighted by Gasteiger charge is 2.39. The minimum Gasteiger partial charge on any atom is -0.385 e. The van der Waals surface area contributed by atoms with Crippen LogP contribution in [0.4, 0.5) is 10.8 Å². The van der Waals surface area contributed by atoms with E-state index in [1.54, 1.807) is 0 Å². The Morgan fingerprint density at radius 2 is 2.59 bits per heavy atom. The van der Waals surface area contributed by atoms with E-state index < -0.39 is 5.60 Å². The highest BCUT2D eigenvalue weighted by Crippen LogP contribution is 2.29. The van der Waals surface area contributed by atoms with E-state index in [-0.39, 0.29) is 11.9 Å². The molecule has 2 heterocycles. The van der Waals surface area contributed by atoms with Crippen LogP contribution in [0.2, 0.25) is 0 Å². The van der Waals surface area contributed by atoms with Crippen molar-refractivity contribution in [3.05, 3.63) is 5.56 Å². The SMILES string of the molecule is CC1OCCC1(O)CNc1snc(N)c1C#N. The molecule has 1 saturated heterocycles. The number of aliphatic hydroxyl groups is 1. The zero-order valence-electron chi connectivity index (χ0n) is 9.43. The molecule has 0 saturated carbocycles. The van der Waals surface area contributed by atoms with Gasteiger partial charge in [0, 0.05) is 19.6 Å². The number of nitrogens with two attached hydrogens (primary N) is 1. The van der Waals surface area contributed by atoms with Crippen molar-refractivity contribution in [1.29, 1.82) is 5.26 Å². The summed E-state index contributed by atoms with van der Waals surface area (Å²) >= 11 is 1.12. The van der Waals surface area contributed by atoms with Crippen molar-refractivity contribution in [2.24, 2.45) is 0 Å². The maximum absolute atomic E-state index is 10.3. The summed E-state index contributed by atoms with van der Waals surface area (Å²) in [6.07, 6.45) is 0.364. The molecule has 92 valence electrons. The Morgan fingerprint density at radius 3 is 3.18 bits per heavy atom. The number of nitrogens with zero attached hydrogens (tertiary/aromatic N) is 2. The zero-order valence-corrected chi connectivity index (χ0v) is 10.3. The molecule has 1 fully saturated rings. The summed E-state index contributed by atoms with van der Waals surface area (Å²) in [6, 6.07) is 1.99. The summed E-state index contributed by atoms with van der Waals surface area (Å²) < 4.78 is 9.22. The van der Waals surface area contributed by atoms with Gasteiger partial charge in [0.2, 0.25) is 0 Å². The predicted octanol–water partition coefficient (Wildman–Crippen LogP) is 0.549. The van der Waals surface area contributed by atoms with E-state index in [1.165, 1.54) is 0 Å². The Labute approximate surface area is 103 Å². The number of nitrogens with one attached hydrogen (secondary N) is 1. The molecule has 1 aromatic heterocycles. The fourth-order valence-corrected chi connectivity index (χ4v) is 2.43. The second-order valence-corrected chi connectivity index (χ2v) is 4.88. The standard InChI is InChI=1S/C10H14N4O2S/c1-6-10(15,2-3-16-6)5-13-9-7(4-11)8(12)14-17-9/h6,13,15H,2-3,5H2,1H3,(H2,12,14). The lowest BCUT2D eigenvalue weighted by atomic mass is 9.97. The van der Waals surface area contributed by atoms with E-state index in [0.29, 0.717) is 30.1 Å². The highest BCUT2D eigenvalue weighted by molar-refractivity contribution is 7.10. The summed E-state index contributed by atoms with van der Waals surface area (Å²) in [4.78, 5) is 0. The lowest BCUT2D eigenvalue weighted by Gasteiger charge is -2.26. The number of hydrogen-bond acceptors (Lipinski definition) is 7. The van der Waals surface area contributed by atoms with Crippen molar-refractivity contribution < 1.29 is 9.84 Å². The van der Waals surface area contributed by atoms with Gasteiger partial charge in [-0.1, -0.05) is 0 Å². The minimum absolute atomic E-state index is 0.217. The third kappa shape index (κ3) is 2.20. The molecular formula is C10H14N4O2S. The van der Waals surface area contributed by atoms with Gasteiger partial charge in [0.05, 0.1) is 6.10 Å². The quantitative estimate of drug-likeness (QED) is 0.727. The van der Waals surface area contributed by atoms with Crippen molar-refractivity contribution in [1.82, 2.24) is 4.37 Å². The van der Waals surface area contributed by atoms with E-state index in [2.05, 4.69) is 9.69 Å². The van der Waals surface area contributed by atoms with Gasteiger partial charge in [-0.3, -0.25) is 0 Å². The second kappa shape index (κ2) is 4.49. The van der Waals surface area contributed by atoms with Crippen LogP contribution >= 0.6 is 11.5 Å². The normalized spacial score (nSPS) is 27.9. The fourth-order valence-electron chi connectivity index (χ4n) is 1.77. The first-order valence-electron chi connectivity index (χ1n) is 5.30. The molecule has 2 atom stereocenters. The van der Waals surface area contributed by atoms with Gasteiger partial charge in [0.1, 0.15) is 22.2 Å². The largest absolute Gasteiger partial charge is 0.385 e. The summed E-state index contributed by atoms with van der Waals surface area (Å²) in [5.74, 6) is 0.225. The van der Waals surface area contributed by atoms with Crippen LogP contribution in [0, 0.1) is 11.3 Å². The predicted molar refractivity (Wildman–Crippen MR) is 64.7 cm³/mol. The number of hydrogen-bond donors (Lipinski definition) is 3. The molecule has 4 N–H and O–H groups in total. The topological polar surface area (TPSA) is 104 Å². The van der Waals surface area contributed by atoms with Gasteiger partial charge < -0.3 is 20.9 Å². The van der Waals surface area contributed by atoms with Crippen molar-refractivity contribution in [3.8, 4) is 6.07 Å². The number of nitrogen functional groups attached to an aromatic ring is 1. The molecule has 0 aromatic carbocycles. The monoisotopic (exact) mass is 254 g/mol. The van der Waals surface area contributed by atoms with Crippen LogP contribution in [0.15, 0.2) is 0 Å². The van der Waals surface area contributed by atoms with Crippen LogP contribution in [0.1, 0.15) is 18.9 Å². The maximum Gasteiger partial charge on any atom is 0.157 e. The van der Waals surface area contributed by atoms with Crippen LogP contribution in [0.5, 0.6) is 0 Å². The molecule has 0 aliphatic carbocycles. The number of ether oxygens (including phenoxy) is 1. The van der Waals surface area contributed by atoms with Gasteiger partial charge in [-0.2, -0.15) is 9.64 Å². The van der Waals surface area contributed by atoms with E-state index in [1.807, 2.05) is 13.0 Å². The van der Waals surface area contributed by atoms with Gasteiger partial charge in [-0.05, 0) is 18.5 Å². The molecule has 2 unspecified atom stereocenters. The van der Waals surface area contributed by atoms with Crippen molar-refractivity contribution in [2.75, 3.05) is 24.2 Å². The first kappa shape index (κ1) is 12.1. The van der Waals surface area contributed by atoms with Crippen LogP contribution in [0.25, 0.3) is 0 Å². The third-order valence-corrected chi connectivity index (χ3v) is 3.86. The second-order valence-electron chi connectivity index (χ2n) is 4.10. The number of aromatic nitrogens is 1. The smallest absolute Gasteiger partial charge is 0.157 e. The Hall–Kier alpha value is -1.36. The zero-order chi connectivity index (χ0) is 12.5. The Balaban J connectivity index is 2.05. The number of nitriles is 1. The molecule has 0 amide bonds. The number of anilines is 2.